The van der Waals surface area contributed by atoms with Gasteiger partial charge in [0.2, 0.25) is 11.8 Å². The van der Waals surface area contributed by atoms with Crippen molar-refractivity contribution in [3.63, 3.8) is 0 Å². The molecule has 0 spiro atoms. The fraction of sp³-hybridized carbons (Fsp3) is 0.375. The van der Waals surface area contributed by atoms with Crippen molar-refractivity contribution in [3.05, 3.63) is 24.2 Å². The summed E-state index contributed by atoms with van der Waals surface area (Å²) in [5, 5.41) is 11.7. The first kappa shape index (κ1) is 8.74. The van der Waals surface area contributed by atoms with Crippen molar-refractivity contribution in [3.8, 4) is 0 Å². The monoisotopic (exact) mass is 193 g/mol. The lowest BCUT2D eigenvalue weighted by atomic mass is 10.3. The average Bonchev–Trinajstić information content (AvgIpc) is 2.73. The zero-order chi connectivity index (χ0) is 10.1. The van der Waals surface area contributed by atoms with Gasteiger partial charge in [-0.05, 0) is 6.92 Å². The van der Waals surface area contributed by atoms with E-state index in [0.717, 1.165) is 0 Å². The Morgan fingerprint density at radius 2 is 2.29 bits per heavy atom. The topological polar surface area (TPSA) is 82.8 Å². The summed E-state index contributed by atoms with van der Waals surface area (Å²) in [6.45, 7) is 3.67. The summed E-state index contributed by atoms with van der Waals surface area (Å²) in [6, 6.07) is -0.0894. The molecule has 14 heavy (non-hydrogen) atoms. The second-order valence-corrected chi connectivity index (χ2v) is 3.09. The van der Waals surface area contributed by atoms with Crippen LogP contribution in [0.25, 0.3) is 0 Å². The average molecular weight is 193 g/mol. The highest BCUT2D eigenvalue weighted by atomic mass is 16.4. The van der Waals surface area contributed by atoms with E-state index in [1.165, 1.54) is 0 Å². The van der Waals surface area contributed by atoms with E-state index in [4.69, 9.17) is 10.2 Å². The minimum atomic E-state index is -0.0894. The van der Waals surface area contributed by atoms with Crippen LogP contribution in [0.15, 0.2) is 16.8 Å². The van der Waals surface area contributed by atoms with Gasteiger partial charge in [-0.3, -0.25) is 4.68 Å². The van der Waals surface area contributed by atoms with Crippen LogP contribution in [0.1, 0.15) is 24.7 Å². The van der Waals surface area contributed by atoms with Crippen LogP contribution < -0.4 is 5.73 Å². The molecule has 0 aliphatic rings. The van der Waals surface area contributed by atoms with Crippen molar-refractivity contribution < 1.29 is 4.42 Å². The highest BCUT2D eigenvalue weighted by Crippen LogP contribution is 2.16. The SMILES string of the molecule is Cc1nnc(C(C)n2cc(N)cn2)o1. The maximum Gasteiger partial charge on any atom is 0.240 e. The minimum absolute atomic E-state index is 0.0894. The molecule has 0 aliphatic heterocycles. The van der Waals surface area contributed by atoms with Gasteiger partial charge in [0.05, 0.1) is 11.9 Å². The quantitative estimate of drug-likeness (QED) is 0.761. The van der Waals surface area contributed by atoms with Crippen LogP contribution in [0.3, 0.4) is 0 Å². The molecule has 1 atom stereocenters. The van der Waals surface area contributed by atoms with Gasteiger partial charge in [-0.15, -0.1) is 10.2 Å². The van der Waals surface area contributed by atoms with Crippen molar-refractivity contribution in [1.82, 2.24) is 20.0 Å². The van der Waals surface area contributed by atoms with Crippen molar-refractivity contribution >= 4 is 5.69 Å². The third kappa shape index (κ3) is 1.46. The Morgan fingerprint density at radius 3 is 2.79 bits per heavy atom. The number of hydrogen-bond acceptors (Lipinski definition) is 5. The van der Waals surface area contributed by atoms with Gasteiger partial charge >= 0.3 is 0 Å². The number of anilines is 1. The van der Waals surface area contributed by atoms with Crippen molar-refractivity contribution in [2.75, 3.05) is 5.73 Å². The third-order valence-corrected chi connectivity index (χ3v) is 1.92. The molecule has 0 radical (unpaired) electrons. The summed E-state index contributed by atoms with van der Waals surface area (Å²) in [5.74, 6) is 1.08. The van der Waals surface area contributed by atoms with Crippen molar-refractivity contribution in [1.29, 1.82) is 0 Å². The molecule has 0 saturated carbocycles. The molecule has 0 amide bonds. The Balaban J connectivity index is 2.28. The molecule has 2 aromatic heterocycles. The fourth-order valence-corrected chi connectivity index (χ4v) is 1.16. The van der Waals surface area contributed by atoms with E-state index in [9.17, 15) is 0 Å². The number of nitrogens with two attached hydrogens (primary N) is 1. The first-order valence-electron chi connectivity index (χ1n) is 4.26. The molecule has 2 heterocycles. The summed E-state index contributed by atoms with van der Waals surface area (Å²) < 4.78 is 6.97. The summed E-state index contributed by atoms with van der Waals surface area (Å²) in [6.07, 6.45) is 3.31. The largest absolute Gasteiger partial charge is 0.423 e. The molecule has 0 saturated heterocycles. The van der Waals surface area contributed by atoms with E-state index in [0.29, 0.717) is 17.5 Å². The molecular formula is C8H11N5O. The van der Waals surface area contributed by atoms with Gasteiger partial charge in [0.25, 0.3) is 0 Å². The molecule has 0 aromatic carbocycles. The number of rotatable bonds is 2. The van der Waals surface area contributed by atoms with Gasteiger partial charge in [0, 0.05) is 13.1 Å². The minimum Gasteiger partial charge on any atom is -0.423 e. The van der Waals surface area contributed by atoms with E-state index in [-0.39, 0.29) is 6.04 Å². The fourth-order valence-electron chi connectivity index (χ4n) is 1.16. The molecule has 0 fully saturated rings. The molecule has 74 valence electrons. The van der Waals surface area contributed by atoms with E-state index in [1.807, 2.05) is 6.92 Å². The summed E-state index contributed by atoms with van der Waals surface area (Å²) in [7, 11) is 0. The molecule has 2 aromatic rings. The Bertz CT molecular complexity index is 392. The molecule has 0 bridgehead atoms. The Morgan fingerprint density at radius 1 is 1.50 bits per heavy atom. The molecule has 2 rings (SSSR count). The van der Waals surface area contributed by atoms with Crippen LogP contribution in [-0.4, -0.2) is 20.0 Å². The van der Waals surface area contributed by atoms with Crippen LogP contribution in [0.5, 0.6) is 0 Å². The molecule has 6 nitrogen and oxygen atoms in total. The summed E-state index contributed by atoms with van der Waals surface area (Å²) in [5.41, 5.74) is 6.17. The van der Waals surface area contributed by atoms with Crippen LogP contribution in [-0.2, 0) is 0 Å². The smallest absolute Gasteiger partial charge is 0.240 e. The lowest BCUT2D eigenvalue weighted by Gasteiger charge is -2.05. The highest BCUT2D eigenvalue weighted by molar-refractivity contribution is 5.30. The maximum absolute atomic E-state index is 5.55. The standard InChI is InChI=1S/C8H11N5O/c1-5(8-12-11-6(2)14-8)13-4-7(9)3-10-13/h3-5H,9H2,1-2H3. The number of nitrogen functional groups attached to an aromatic ring is 1. The van der Waals surface area contributed by atoms with Crippen LogP contribution >= 0.6 is 0 Å². The van der Waals surface area contributed by atoms with Crippen LogP contribution in [0, 0.1) is 6.92 Å². The first-order chi connectivity index (χ1) is 6.66. The van der Waals surface area contributed by atoms with Gasteiger partial charge < -0.3 is 10.2 Å². The first-order valence-corrected chi connectivity index (χ1v) is 4.26. The molecular weight excluding hydrogens is 182 g/mol. The zero-order valence-electron chi connectivity index (χ0n) is 8.01. The lowest BCUT2D eigenvalue weighted by Crippen LogP contribution is -2.07. The Kier molecular flexibility index (Phi) is 1.95. The number of aryl methyl sites for hydroxylation is 1. The van der Waals surface area contributed by atoms with Gasteiger partial charge in [0.15, 0.2) is 0 Å². The Hall–Kier alpha value is -1.85. The molecule has 1 unspecified atom stereocenters. The molecule has 2 N–H and O–H groups in total. The predicted molar refractivity (Wildman–Crippen MR) is 49.5 cm³/mol. The van der Waals surface area contributed by atoms with E-state index < -0.39 is 0 Å². The van der Waals surface area contributed by atoms with E-state index in [2.05, 4.69) is 15.3 Å². The van der Waals surface area contributed by atoms with E-state index in [1.54, 1.807) is 24.0 Å². The van der Waals surface area contributed by atoms with Gasteiger partial charge in [-0.2, -0.15) is 5.10 Å². The second kappa shape index (κ2) is 3.13. The Labute approximate surface area is 80.7 Å². The van der Waals surface area contributed by atoms with Crippen LogP contribution in [0.2, 0.25) is 0 Å². The molecule has 6 heteroatoms. The predicted octanol–water partition coefficient (Wildman–Crippen LogP) is 0.766. The molecule has 0 aliphatic carbocycles. The van der Waals surface area contributed by atoms with Gasteiger partial charge in [-0.1, -0.05) is 0 Å². The number of hydrogen-bond donors (Lipinski definition) is 1. The van der Waals surface area contributed by atoms with E-state index >= 15 is 0 Å². The second-order valence-electron chi connectivity index (χ2n) is 3.09. The summed E-state index contributed by atoms with van der Waals surface area (Å²) in [4.78, 5) is 0. The number of aromatic nitrogens is 4. The maximum atomic E-state index is 5.55. The van der Waals surface area contributed by atoms with Gasteiger partial charge in [-0.25, -0.2) is 0 Å². The number of nitrogens with zero attached hydrogens (tertiary/aromatic N) is 4. The lowest BCUT2D eigenvalue weighted by molar-refractivity contribution is 0.397. The van der Waals surface area contributed by atoms with Crippen molar-refractivity contribution in [2.45, 2.75) is 19.9 Å². The van der Waals surface area contributed by atoms with Gasteiger partial charge in [0.1, 0.15) is 6.04 Å². The van der Waals surface area contributed by atoms with Crippen molar-refractivity contribution in [2.24, 2.45) is 0 Å². The zero-order valence-corrected chi connectivity index (χ0v) is 8.01. The van der Waals surface area contributed by atoms with Crippen LogP contribution in [0.4, 0.5) is 5.69 Å². The highest BCUT2D eigenvalue weighted by Gasteiger charge is 2.14. The third-order valence-electron chi connectivity index (χ3n) is 1.92. The normalized spacial score (nSPS) is 13.0. The summed E-state index contributed by atoms with van der Waals surface area (Å²) >= 11 is 0.